The Kier molecular flexibility index (Phi) is 5.55. The normalized spacial score (nSPS) is 11.3. The number of hydrogen-bond acceptors (Lipinski definition) is 0. The standard InChI is InChI=1S/C28H22Si2/c1-3-29(25-17-9-5-10-18-25,26-19-11-6-12-20-26)30(4-2,27-21-13-7-14-22-27)28-23-15-8-16-24-28/h1-2,5-24H. The van der Waals surface area contributed by atoms with E-state index in [-0.39, 0.29) is 0 Å². The van der Waals surface area contributed by atoms with E-state index in [1.165, 1.54) is 20.7 Å². The second-order valence-corrected chi connectivity index (χ2v) is 17.6. The second kappa shape index (κ2) is 8.43. The lowest BCUT2D eigenvalue weighted by Gasteiger charge is -2.42. The van der Waals surface area contributed by atoms with Gasteiger partial charge in [0.25, 0.3) is 0 Å². The van der Waals surface area contributed by atoms with Gasteiger partial charge in [-0.25, -0.2) is 0 Å². The minimum Gasteiger partial charge on any atom is -0.127 e. The van der Waals surface area contributed by atoms with Crippen LogP contribution in [-0.4, -0.2) is 15.2 Å². The summed E-state index contributed by atoms with van der Waals surface area (Å²) in [5.74, 6) is 0. The average Bonchev–Trinajstić information content (AvgIpc) is 2.85. The van der Waals surface area contributed by atoms with Crippen LogP contribution < -0.4 is 20.7 Å². The molecule has 142 valence electrons. The largest absolute Gasteiger partial charge is 0.212 e. The number of terminal acetylenes is 2. The van der Waals surface area contributed by atoms with E-state index in [9.17, 15) is 0 Å². The van der Waals surface area contributed by atoms with E-state index in [2.05, 4.69) is 108 Å². The molecule has 0 aliphatic carbocycles. The molecule has 0 unspecified atom stereocenters. The molecule has 4 aromatic rings. The summed E-state index contributed by atoms with van der Waals surface area (Å²) in [6, 6.07) is 42.1. The first-order valence-electron chi connectivity index (χ1n) is 9.97. The topological polar surface area (TPSA) is 0 Å². The molecule has 0 aliphatic rings. The summed E-state index contributed by atoms with van der Waals surface area (Å²) in [7, 11) is -5.70. The monoisotopic (exact) mass is 414 g/mol. The first-order valence-corrected chi connectivity index (χ1v) is 15.0. The van der Waals surface area contributed by atoms with Crippen LogP contribution in [0.5, 0.6) is 0 Å². The summed E-state index contributed by atoms with van der Waals surface area (Å²) < 4.78 is 0. The van der Waals surface area contributed by atoms with Crippen LogP contribution in [0, 0.1) is 23.9 Å². The third-order valence-corrected chi connectivity index (χ3v) is 20.3. The van der Waals surface area contributed by atoms with Gasteiger partial charge < -0.3 is 0 Å². The summed E-state index contributed by atoms with van der Waals surface area (Å²) in [6.07, 6.45) is 13.1. The van der Waals surface area contributed by atoms with Crippen LogP contribution in [0.3, 0.4) is 0 Å². The van der Waals surface area contributed by atoms with Gasteiger partial charge in [0.05, 0.1) is 0 Å². The van der Waals surface area contributed by atoms with Crippen LogP contribution in [0.1, 0.15) is 0 Å². The predicted molar refractivity (Wildman–Crippen MR) is 133 cm³/mol. The molecule has 0 N–H and O–H groups in total. The number of benzene rings is 4. The van der Waals surface area contributed by atoms with Crippen molar-refractivity contribution in [2.75, 3.05) is 0 Å². The maximum Gasteiger partial charge on any atom is 0.212 e. The summed E-state index contributed by atoms with van der Waals surface area (Å²) in [6.45, 7) is 0. The summed E-state index contributed by atoms with van der Waals surface area (Å²) in [5.41, 5.74) is 6.79. The van der Waals surface area contributed by atoms with E-state index in [0.717, 1.165) is 0 Å². The fourth-order valence-corrected chi connectivity index (χ4v) is 19.3. The molecular formula is C28H22Si2. The Bertz CT molecular complexity index is 1010. The van der Waals surface area contributed by atoms with Gasteiger partial charge >= 0.3 is 0 Å². The highest BCUT2D eigenvalue weighted by atomic mass is 29.3. The Morgan fingerprint density at radius 1 is 0.367 bits per heavy atom. The molecule has 4 aromatic carbocycles. The maximum atomic E-state index is 6.56. The highest BCUT2D eigenvalue weighted by molar-refractivity contribution is 7.64. The van der Waals surface area contributed by atoms with Gasteiger partial charge in [-0.05, 0) is 20.7 Å². The molecule has 2 heteroatoms. The van der Waals surface area contributed by atoms with Crippen LogP contribution in [0.25, 0.3) is 0 Å². The third-order valence-electron chi connectivity index (χ3n) is 5.82. The van der Waals surface area contributed by atoms with E-state index in [4.69, 9.17) is 12.8 Å². The van der Waals surface area contributed by atoms with Crippen molar-refractivity contribution in [1.29, 1.82) is 0 Å². The van der Waals surface area contributed by atoms with Crippen molar-refractivity contribution in [1.82, 2.24) is 0 Å². The molecule has 0 radical (unpaired) electrons. The van der Waals surface area contributed by atoms with Gasteiger partial charge in [-0.2, -0.15) is 0 Å². The molecule has 0 spiro atoms. The van der Waals surface area contributed by atoms with Gasteiger partial charge in [0.2, 0.25) is 15.2 Å². The first-order chi connectivity index (χ1) is 14.8. The molecule has 0 aliphatic heterocycles. The van der Waals surface area contributed by atoms with Crippen molar-refractivity contribution in [2.24, 2.45) is 0 Å². The van der Waals surface area contributed by atoms with Crippen LogP contribution in [0.4, 0.5) is 0 Å². The molecule has 0 amide bonds. The maximum absolute atomic E-state index is 6.56. The number of rotatable bonds is 5. The molecule has 30 heavy (non-hydrogen) atoms. The minimum absolute atomic E-state index is 1.19. The van der Waals surface area contributed by atoms with E-state index in [1.807, 2.05) is 24.3 Å². The Labute approximate surface area is 181 Å². The zero-order chi connectivity index (χ0) is 20.9. The summed E-state index contributed by atoms with van der Waals surface area (Å²) in [5, 5.41) is 4.76. The van der Waals surface area contributed by atoms with Crippen molar-refractivity contribution < 1.29 is 0 Å². The molecular weight excluding hydrogens is 392 g/mol. The molecule has 4 rings (SSSR count). The molecule has 0 heterocycles. The molecule has 0 saturated heterocycles. The average molecular weight is 415 g/mol. The lowest BCUT2D eigenvalue weighted by molar-refractivity contribution is 1.70. The highest BCUT2D eigenvalue weighted by Crippen LogP contribution is 2.20. The van der Waals surface area contributed by atoms with Crippen LogP contribution in [0.15, 0.2) is 121 Å². The summed E-state index contributed by atoms with van der Waals surface area (Å²) in [4.78, 5) is 0. The lowest BCUT2D eigenvalue weighted by Crippen LogP contribution is -2.85. The zero-order valence-electron chi connectivity index (χ0n) is 16.7. The minimum atomic E-state index is -2.85. The molecule has 0 saturated carbocycles. The van der Waals surface area contributed by atoms with Gasteiger partial charge in [-0.1, -0.05) is 121 Å². The molecule has 0 nitrogen and oxygen atoms in total. The Hall–Kier alpha value is -3.57. The van der Waals surface area contributed by atoms with Crippen molar-refractivity contribution in [3.8, 4) is 23.9 Å². The van der Waals surface area contributed by atoms with E-state index in [1.54, 1.807) is 0 Å². The van der Waals surface area contributed by atoms with Gasteiger partial charge in [-0.3, -0.25) is 0 Å². The van der Waals surface area contributed by atoms with Crippen molar-refractivity contribution in [2.45, 2.75) is 0 Å². The highest BCUT2D eigenvalue weighted by Gasteiger charge is 2.59. The number of hydrogen-bond donors (Lipinski definition) is 0. The van der Waals surface area contributed by atoms with Crippen LogP contribution in [0.2, 0.25) is 0 Å². The van der Waals surface area contributed by atoms with Gasteiger partial charge in [-0.15, -0.1) is 23.9 Å². The fourth-order valence-electron chi connectivity index (χ4n) is 4.50. The first kappa shape index (κ1) is 19.7. The van der Waals surface area contributed by atoms with Crippen molar-refractivity contribution in [3.05, 3.63) is 121 Å². The van der Waals surface area contributed by atoms with E-state index >= 15 is 0 Å². The SMILES string of the molecule is C#C[Si](c1ccccc1)(c1ccccc1)[Si](C#C)(c1ccccc1)c1ccccc1. The van der Waals surface area contributed by atoms with Gasteiger partial charge in [0.1, 0.15) is 0 Å². The lowest BCUT2D eigenvalue weighted by atomic mass is 10.4. The Balaban J connectivity index is 2.21. The Morgan fingerprint density at radius 3 is 0.733 bits per heavy atom. The predicted octanol–water partition coefficient (Wildman–Crippen LogP) is 2.94. The molecule has 0 aromatic heterocycles. The van der Waals surface area contributed by atoms with Crippen molar-refractivity contribution >= 4 is 35.9 Å². The summed E-state index contributed by atoms with van der Waals surface area (Å²) >= 11 is 0. The van der Waals surface area contributed by atoms with Crippen LogP contribution >= 0.6 is 0 Å². The molecule has 0 bridgehead atoms. The second-order valence-electron chi connectivity index (χ2n) is 7.25. The van der Waals surface area contributed by atoms with E-state index in [0.29, 0.717) is 0 Å². The quantitative estimate of drug-likeness (QED) is 0.348. The fraction of sp³-hybridized carbons (Fsp3) is 0. The van der Waals surface area contributed by atoms with E-state index < -0.39 is 15.2 Å². The third kappa shape index (κ3) is 2.95. The molecule has 0 fully saturated rings. The molecule has 0 atom stereocenters. The van der Waals surface area contributed by atoms with Crippen LogP contribution in [-0.2, 0) is 0 Å². The smallest absolute Gasteiger partial charge is 0.127 e. The Morgan fingerprint density at radius 2 is 0.567 bits per heavy atom. The zero-order valence-corrected chi connectivity index (χ0v) is 18.7. The van der Waals surface area contributed by atoms with Gasteiger partial charge in [0, 0.05) is 0 Å². The van der Waals surface area contributed by atoms with Gasteiger partial charge in [0.15, 0.2) is 0 Å². The van der Waals surface area contributed by atoms with Crippen molar-refractivity contribution in [3.63, 3.8) is 0 Å².